The minimum Gasteiger partial charge on any atom is -0.485 e. The highest BCUT2D eigenvalue weighted by atomic mass is 16.5. The van der Waals surface area contributed by atoms with E-state index in [-0.39, 0.29) is 29.7 Å². The zero-order chi connectivity index (χ0) is 26.7. The number of aliphatic hydroxyl groups excluding tert-OH is 1. The zero-order valence-electron chi connectivity index (χ0n) is 22.1. The van der Waals surface area contributed by atoms with E-state index in [4.69, 9.17) is 10.1 Å². The van der Waals surface area contributed by atoms with Crippen molar-refractivity contribution in [3.05, 3.63) is 64.7 Å². The number of aliphatic hydroxyl groups is 1. The van der Waals surface area contributed by atoms with Gasteiger partial charge in [0.05, 0.1) is 18.5 Å². The van der Waals surface area contributed by atoms with Crippen LogP contribution in [0.15, 0.2) is 42.5 Å². The van der Waals surface area contributed by atoms with Crippen LogP contribution in [0.3, 0.4) is 0 Å². The molecule has 8 heteroatoms. The third-order valence-electron chi connectivity index (χ3n) is 8.28. The number of carbonyl (C=O) groups is 2. The fourth-order valence-corrected chi connectivity index (χ4v) is 5.92. The van der Waals surface area contributed by atoms with Crippen LogP contribution in [0.4, 0.5) is 0 Å². The van der Waals surface area contributed by atoms with Crippen LogP contribution in [0.2, 0.25) is 0 Å². The fourth-order valence-electron chi connectivity index (χ4n) is 5.92. The van der Waals surface area contributed by atoms with Gasteiger partial charge in [-0.3, -0.25) is 19.9 Å². The minimum atomic E-state index is -0.945. The molecule has 1 saturated heterocycles. The van der Waals surface area contributed by atoms with Crippen molar-refractivity contribution in [1.29, 1.82) is 5.41 Å². The lowest BCUT2D eigenvalue weighted by molar-refractivity contribution is -0.133. The van der Waals surface area contributed by atoms with Crippen molar-refractivity contribution in [2.45, 2.75) is 83.2 Å². The third-order valence-corrected chi connectivity index (χ3v) is 8.28. The van der Waals surface area contributed by atoms with Crippen LogP contribution in [0.1, 0.15) is 86.6 Å². The number of ether oxygens (including phenoxy) is 1. The average molecular weight is 505 g/mol. The molecule has 8 nitrogen and oxygen atoms in total. The van der Waals surface area contributed by atoms with Crippen molar-refractivity contribution >= 4 is 17.8 Å². The molecule has 2 aromatic carbocycles. The first-order valence-corrected chi connectivity index (χ1v) is 13.0. The normalized spacial score (nSPS) is 30.2. The number of carbonyl (C=O) groups excluding carboxylic acids is 2. The predicted octanol–water partition coefficient (Wildman–Crippen LogP) is 3.85. The second-order valence-corrected chi connectivity index (χ2v) is 11.5. The smallest absolute Gasteiger partial charge is 0.251 e. The van der Waals surface area contributed by atoms with Crippen molar-refractivity contribution in [2.24, 2.45) is 5.92 Å². The molecule has 0 aromatic heterocycles. The van der Waals surface area contributed by atoms with E-state index in [2.05, 4.69) is 17.6 Å². The molecule has 37 heavy (non-hydrogen) atoms. The monoisotopic (exact) mass is 504 g/mol. The summed E-state index contributed by atoms with van der Waals surface area (Å²) in [5.74, 6) is 0.477. The Morgan fingerprint density at radius 1 is 1.22 bits per heavy atom. The minimum absolute atomic E-state index is 0.0724. The van der Waals surface area contributed by atoms with Crippen LogP contribution in [0.25, 0.3) is 0 Å². The molecule has 5 rings (SSSR count). The summed E-state index contributed by atoms with van der Waals surface area (Å²) >= 11 is 0. The number of rotatable bonds is 4. The highest BCUT2D eigenvalue weighted by molar-refractivity contribution is 6.00. The van der Waals surface area contributed by atoms with E-state index in [1.165, 1.54) is 0 Å². The molecule has 2 aliphatic heterocycles. The molecule has 0 spiro atoms. The van der Waals surface area contributed by atoms with Crippen LogP contribution in [0.5, 0.6) is 5.75 Å². The van der Waals surface area contributed by atoms with E-state index in [1.807, 2.05) is 50.2 Å². The lowest BCUT2D eigenvalue weighted by Gasteiger charge is -2.43. The molecule has 4 N–H and O–H groups in total. The van der Waals surface area contributed by atoms with Gasteiger partial charge in [-0.15, -0.1) is 0 Å². The van der Waals surface area contributed by atoms with Gasteiger partial charge >= 0.3 is 0 Å². The molecule has 0 unspecified atom stereocenters. The lowest BCUT2D eigenvalue weighted by atomic mass is 9.86. The Kier molecular flexibility index (Phi) is 6.06. The summed E-state index contributed by atoms with van der Waals surface area (Å²) in [6.07, 6.45) is 0.888. The van der Waals surface area contributed by atoms with Crippen molar-refractivity contribution < 1.29 is 19.4 Å². The number of fused-ring (bicyclic) bond motifs is 2. The summed E-state index contributed by atoms with van der Waals surface area (Å²) in [7, 11) is 0. The molecule has 1 fully saturated rings. The third kappa shape index (κ3) is 4.27. The Labute approximate surface area is 217 Å². The Hall–Kier alpha value is -3.39. The SMILES string of the molecule is CC[C@]1(C)CC(=O)N([C@@H]2c3cc(C(=O)N[C@@H]4c5ccccc5OC(C)(C)[C@H]4O)ccc3C[C@@H]2C)C(=N)N1. The highest BCUT2D eigenvalue weighted by Crippen LogP contribution is 2.43. The van der Waals surface area contributed by atoms with E-state index >= 15 is 0 Å². The van der Waals surface area contributed by atoms with Crippen molar-refractivity contribution in [1.82, 2.24) is 15.5 Å². The lowest BCUT2D eigenvalue weighted by Crippen LogP contribution is -2.61. The standard InChI is InChI=1S/C29H36N4O4/c1-6-29(5)15-22(34)33(27(30)32-29)24-16(2)13-17-11-12-18(14-20(17)24)26(36)31-23-19-9-7-8-10-21(19)37-28(3,4)25(23)35/h7-12,14,16,23-25,35H,6,13,15H2,1-5H3,(H2,30,32)(H,31,36)/t16-,23+,24-,25-,29+/m0/s1. The van der Waals surface area contributed by atoms with E-state index in [0.29, 0.717) is 17.7 Å². The highest BCUT2D eigenvalue weighted by Gasteiger charge is 2.46. The van der Waals surface area contributed by atoms with E-state index < -0.39 is 23.3 Å². The molecular weight excluding hydrogens is 468 g/mol. The van der Waals surface area contributed by atoms with Crippen molar-refractivity contribution in [3.8, 4) is 5.75 Å². The van der Waals surface area contributed by atoms with Gasteiger partial charge in [0.2, 0.25) is 5.91 Å². The Morgan fingerprint density at radius 3 is 2.65 bits per heavy atom. The number of hydrogen-bond acceptors (Lipinski definition) is 5. The first kappa shape index (κ1) is 25.3. The first-order valence-electron chi connectivity index (χ1n) is 13.0. The Balaban J connectivity index is 1.44. The molecule has 0 radical (unpaired) electrons. The number of hydrogen-bond donors (Lipinski definition) is 4. The van der Waals surface area contributed by atoms with Gasteiger partial charge in [0.15, 0.2) is 5.96 Å². The van der Waals surface area contributed by atoms with Gasteiger partial charge in [-0.05, 0) is 68.9 Å². The maximum Gasteiger partial charge on any atom is 0.251 e. The van der Waals surface area contributed by atoms with Gasteiger partial charge in [0.25, 0.3) is 5.91 Å². The fraction of sp³-hybridized carbons (Fsp3) is 0.483. The maximum absolute atomic E-state index is 13.5. The maximum atomic E-state index is 13.5. The second kappa shape index (κ2) is 8.87. The number of nitrogens with zero attached hydrogens (tertiary/aromatic N) is 1. The van der Waals surface area contributed by atoms with Gasteiger partial charge in [-0.2, -0.15) is 0 Å². The molecule has 5 atom stereocenters. The molecular formula is C29H36N4O4. The van der Waals surface area contributed by atoms with Gasteiger partial charge in [0.1, 0.15) is 17.5 Å². The average Bonchev–Trinajstić information content (AvgIpc) is 3.16. The van der Waals surface area contributed by atoms with Crippen LogP contribution in [-0.2, 0) is 11.2 Å². The van der Waals surface area contributed by atoms with Gasteiger partial charge in [0, 0.05) is 16.7 Å². The molecule has 2 heterocycles. The van der Waals surface area contributed by atoms with E-state index in [9.17, 15) is 14.7 Å². The summed E-state index contributed by atoms with van der Waals surface area (Å²) < 4.78 is 5.98. The summed E-state index contributed by atoms with van der Waals surface area (Å²) in [4.78, 5) is 28.3. The number of guanidine groups is 1. The summed E-state index contributed by atoms with van der Waals surface area (Å²) in [5, 5.41) is 26.0. The van der Waals surface area contributed by atoms with Crippen LogP contribution in [0, 0.1) is 11.3 Å². The Bertz CT molecular complexity index is 1250. The molecule has 3 aliphatic rings. The van der Waals surface area contributed by atoms with Gasteiger partial charge in [-0.1, -0.05) is 38.1 Å². The van der Waals surface area contributed by atoms with Gasteiger partial charge in [-0.25, -0.2) is 0 Å². The molecule has 2 aromatic rings. The molecule has 2 amide bonds. The van der Waals surface area contributed by atoms with Crippen molar-refractivity contribution in [2.75, 3.05) is 0 Å². The van der Waals surface area contributed by atoms with Crippen LogP contribution in [-0.4, -0.2) is 45.0 Å². The van der Waals surface area contributed by atoms with Crippen LogP contribution >= 0.6 is 0 Å². The summed E-state index contributed by atoms with van der Waals surface area (Å²) in [6.45, 7) is 9.66. The largest absolute Gasteiger partial charge is 0.485 e. The van der Waals surface area contributed by atoms with E-state index in [0.717, 1.165) is 29.5 Å². The molecule has 196 valence electrons. The number of nitrogens with one attached hydrogen (secondary N) is 3. The van der Waals surface area contributed by atoms with Crippen molar-refractivity contribution in [3.63, 3.8) is 0 Å². The molecule has 1 aliphatic carbocycles. The van der Waals surface area contributed by atoms with Gasteiger partial charge < -0.3 is 20.5 Å². The predicted molar refractivity (Wildman–Crippen MR) is 140 cm³/mol. The zero-order valence-corrected chi connectivity index (χ0v) is 22.1. The topological polar surface area (TPSA) is 115 Å². The van der Waals surface area contributed by atoms with E-state index in [1.54, 1.807) is 24.8 Å². The molecule has 0 bridgehead atoms. The quantitative estimate of drug-likeness (QED) is 0.505. The summed E-state index contributed by atoms with van der Waals surface area (Å²) in [6, 6.07) is 12.0. The summed E-state index contributed by atoms with van der Waals surface area (Å²) in [5.41, 5.74) is 1.86. The second-order valence-electron chi connectivity index (χ2n) is 11.5. The van der Waals surface area contributed by atoms with Crippen LogP contribution < -0.4 is 15.4 Å². The Morgan fingerprint density at radius 2 is 1.95 bits per heavy atom. The number of para-hydroxylation sites is 1. The number of benzene rings is 2. The number of amides is 2. The first-order chi connectivity index (χ1) is 17.4. The molecule has 0 saturated carbocycles.